The maximum atomic E-state index is 12.9. The highest BCUT2D eigenvalue weighted by Gasteiger charge is 2.29. The number of benzene rings is 1. The summed E-state index contributed by atoms with van der Waals surface area (Å²) in [7, 11) is 1.32. The number of rotatable bonds is 3. The third-order valence-corrected chi connectivity index (χ3v) is 6.73. The fourth-order valence-corrected chi connectivity index (χ4v) is 5.35. The number of amides is 1. The van der Waals surface area contributed by atoms with Gasteiger partial charge in [-0.1, -0.05) is 22.9 Å². The zero-order valence-electron chi connectivity index (χ0n) is 15.8. The van der Waals surface area contributed by atoms with Gasteiger partial charge in [-0.3, -0.25) is 4.79 Å². The third kappa shape index (κ3) is 3.74. The Balaban J connectivity index is 1.73. The lowest BCUT2D eigenvalue weighted by molar-refractivity contribution is 0.0601. The average molecular weight is 476 g/mol. The zero-order chi connectivity index (χ0) is 20.7. The van der Waals surface area contributed by atoms with Crippen molar-refractivity contribution in [3.8, 4) is 0 Å². The van der Waals surface area contributed by atoms with Crippen molar-refractivity contribution in [3.05, 3.63) is 60.7 Å². The van der Waals surface area contributed by atoms with Crippen molar-refractivity contribution in [2.75, 3.05) is 12.4 Å². The molecule has 1 atom stereocenters. The minimum absolute atomic E-state index is 0.119. The molecule has 0 spiro atoms. The van der Waals surface area contributed by atoms with Crippen LogP contribution in [0.1, 0.15) is 44.5 Å². The Labute approximate surface area is 179 Å². The molecule has 1 amide bonds. The molecule has 2 aromatic heterocycles. The van der Waals surface area contributed by atoms with Crippen LogP contribution in [0.4, 0.5) is 5.00 Å². The number of thiophene rings is 1. The molecule has 1 unspecified atom stereocenters. The van der Waals surface area contributed by atoms with Crippen LogP contribution in [0.2, 0.25) is 0 Å². The van der Waals surface area contributed by atoms with Gasteiger partial charge in [-0.25, -0.2) is 9.59 Å². The highest BCUT2D eigenvalue weighted by molar-refractivity contribution is 9.10. The summed E-state index contributed by atoms with van der Waals surface area (Å²) in [5.41, 5.74) is 0.869. The van der Waals surface area contributed by atoms with Gasteiger partial charge in [0.05, 0.1) is 12.7 Å². The first-order valence-corrected chi connectivity index (χ1v) is 10.8. The molecule has 1 N–H and O–H groups in total. The first-order chi connectivity index (χ1) is 13.9. The lowest BCUT2D eigenvalue weighted by Gasteiger charge is -2.18. The number of ether oxygens (including phenoxy) is 1. The van der Waals surface area contributed by atoms with Crippen molar-refractivity contribution in [1.29, 1.82) is 0 Å². The summed E-state index contributed by atoms with van der Waals surface area (Å²) in [6.07, 6.45) is 2.59. The van der Waals surface area contributed by atoms with Crippen LogP contribution in [0.15, 0.2) is 37.9 Å². The summed E-state index contributed by atoms with van der Waals surface area (Å²) >= 11 is 4.74. The van der Waals surface area contributed by atoms with Gasteiger partial charge >= 0.3 is 11.6 Å². The fourth-order valence-electron chi connectivity index (χ4n) is 3.58. The number of esters is 1. The maximum Gasteiger partial charge on any atom is 0.349 e. The zero-order valence-corrected chi connectivity index (χ0v) is 18.2. The topological polar surface area (TPSA) is 85.6 Å². The molecule has 0 saturated carbocycles. The quantitative estimate of drug-likeness (QED) is 0.435. The summed E-state index contributed by atoms with van der Waals surface area (Å²) in [6.45, 7) is 2.16. The predicted molar refractivity (Wildman–Crippen MR) is 115 cm³/mol. The highest BCUT2D eigenvalue weighted by Crippen LogP contribution is 2.40. The summed E-state index contributed by atoms with van der Waals surface area (Å²) in [5, 5.41) is 3.77. The Kier molecular flexibility index (Phi) is 5.31. The molecular formula is C21H18BrNO5S. The van der Waals surface area contributed by atoms with Crippen LogP contribution in [-0.4, -0.2) is 19.0 Å². The second-order valence-electron chi connectivity index (χ2n) is 7.13. The number of carbonyl (C=O) groups is 2. The molecular weight excluding hydrogens is 458 g/mol. The SMILES string of the molecule is COC(=O)c1c(NC(=O)c2cc3cc(Br)ccc3oc2=O)sc2c1CCC(C)C2. The number of fused-ring (bicyclic) bond motifs is 2. The van der Waals surface area contributed by atoms with Crippen LogP contribution in [0, 0.1) is 5.92 Å². The first-order valence-electron chi connectivity index (χ1n) is 9.15. The van der Waals surface area contributed by atoms with Crippen LogP contribution < -0.4 is 10.9 Å². The van der Waals surface area contributed by atoms with Gasteiger partial charge in [0.15, 0.2) is 0 Å². The fraction of sp³-hybridized carbons (Fsp3) is 0.286. The van der Waals surface area contributed by atoms with Gasteiger partial charge in [-0.15, -0.1) is 11.3 Å². The highest BCUT2D eigenvalue weighted by atomic mass is 79.9. The van der Waals surface area contributed by atoms with E-state index < -0.39 is 17.5 Å². The van der Waals surface area contributed by atoms with Gasteiger partial charge < -0.3 is 14.5 Å². The molecule has 4 rings (SSSR count). The summed E-state index contributed by atoms with van der Waals surface area (Å²) in [4.78, 5) is 38.7. The van der Waals surface area contributed by atoms with E-state index in [-0.39, 0.29) is 5.56 Å². The van der Waals surface area contributed by atoms with Crippen molar-refractivity contribution < 1.29 is 18.7 Å². The van der Waals surface area contributed by atoms with Crippen LogP contribution in [0.3, 0.4) is 0 Å². The minimum Gasteiger partial charge on any atom is -0.465 e. The van der Waals surface area contributed by atoms with E-state index in [1.807, 2.05) is 0 Å². The first kappa shape index (κ1) is 19.8. The number of nitrogens with one attached hydrogen (secondary N) is 1. The van der Waals surface area contributed by atoms with Gasteiger partial charge in [-0.2, -0.15) is 0 Å². The van der Waals surface area contributed by atoms with Crippen LogP contribution in [0.25, 0.3) is 11.0 Å². The second kappa shape index (κ2) is 7.76. The molecule has 0 radical (unpaired) electrons. The molecule has 150 valence electrons. The van der Waals surface area contributed by atoms with Crippen molar-refractivity contribution in [3.63, 3.8) is 0 Å². The normalized spacial score (nSPS) is 15.8. The van der Waals surface area contributed by atoms with Crippen LogP contribution in [0.5, 0.6) is 0 Å². The van der Waals surface area contributed by atoms with E-state index >= 15 is 0 Å². The molecule has 1 aromatic carbocycles. The smallest absolute Gasteiger partial charge is 0.349 e. The van der Waals surface area contributed by atoms with Gasteiger partial charge in [0, 0.05) is 14.7 Å². The number of anilines is 1. The van der Waals surface area contributed by atoms with E-state index in [2.05, 4.69) is 28.2 Å². The monoisotopic (exact) mass is 475 g/mol. The van der Waals surface area contributed by atoms with E-state index in [0.717, 1.165) is 34.2 Å². The van der Waals surface area contributed by atoms with E-state index in [1.165, 1.54) is 24.5 Å². The van der Waals surface area contributed by atoms with Crippen molar-refractivity contribution in [2.45, 2.75) is 26.2 Å². The Bertz CT molecular complexity index is 1200. The molecule has 1 aliphatic carbocycles. The molecule has 0 saturated heterocycles. The third-order valence-electron chi connectivity index (χ3n) is 5.07. The van der Waals surface area contributed by atoms with Crippen LogP contribution in [-0.2, 0) is 17.6 Å². The van der Waals surface area contributed by atoms with Gasteiger partial charge in [0.25, 0.3) is 5.91 Å². The summed E-state index contributed by atoms with van der Waals surface area (Å²) < 4.78 is 11.0. The summed E-state index contributed by atoms with van der Waals surface area (Å²) in [5.74, 6) is -0.583. The predicted octanol–water partition coefficient (Wildman–Crippen LogP) is 4.78. The van der Waals surface area contributed by atoms with E-state index in [1.54, 1.807) is 18.2 Å². The van der Waals surface area contributed by atoms with E-state index in [4.69, 9.17) is 9.15 Å². The van der Waals surface area contributed by atoms with E-state index in [9.17, 15) is 14.4 Å². The number of hydrogen-bond acceptors (Lipinski definition) is 6. The maximum absolute atomic E-state index is 12.9. The minimum atomic E-state index is -0.730. The molecule has 0 fully saturated rings. The van der Waals surface area contributed by atoms with Crippen molar-refractivity contribution in [2.24, 2.45) is 5.92 Å². The lowest BCUT2D eigenvalue weighted by Crippen LogP contribution is -2.21. The molecule has 0 aliphatic heterocycles. The van der Waals surface area contributed by atoms with Crippen LogP contribution >= 0.6 is 27.3 Å². The molecule has 0 bridgehead atoms. The Hall–Kier alpha value is -2.45. The molecule has 6 nitrogen and oxygen atoms in total. The molecule has 8 heteroatoms. The Morgan fingerprint density at radius 2 is 2.10 bits per heavy atom. The lowest BCUT2D eigenvalue weighted by atomic mass is 9.88. The van der Waals surface area contributed by atoms with E-state index in [0.29, 0.717) is 27.5 Å². The van der Waals surface area contributed by atoms with Crippen molar-refractivity contribution >= 4 is 55.1 Å². The number of hydrogen-bond donors (Lipinski definition) is 1. The number of methoxy groups -OCH3 is 1. The van der Waals surface area contributed by atoms with Crippen molar-refractivity contribution in [1.82, 2.24) is 0 Å². The Morgan fingerprint density at radius 3 is 2.86 bits per heavy atom. The molecule has 1 aliphatic rings. The van der Waals surface area contributed by atoms with Gasteiger partial charge in [-0.05, 0) is 55.0 Å². The Morgan fingerprint density at radius 1 is 1.31 bits per heavy atom. The van der Waals surface area contributed by atoms with Gasteiger partial charge in [0.1, 0.15) is 16.1 Å². The molecule has 2 heterocycles. The average Bonchev–Trinajstić information content (AvgIpc) is 3.03. The summed E-state index contributed by atoms with van der Waals surface area (Å²) in [6, 6.07) is 6.67. The number of carbonyl (C=O) groups excluding carboxylic acids is 2. The number of halogens is 1. The largest absolute Gasteiger partial charge is 0.465 e. The standard InChI is InChI=1S/C21H18BrNO5S/c1-10-3-5-13-16(7-10)29-19(17(13)21(26)27-2)23-18(24)14-9-11-8-12(22)4-6-15(11)28-20(14)25/h4,6,8-10H,3,5,7H2,1-2H3,(H,23,24). The second-order valence-corrected chi connectivity index (χ2v) is 9.15. The van der Waals surface area contributed by atoms with Gasteiger partial charge in [0.2, 0.25) is 0 Å². The molecule has 3 aromatic rings. The molecule has 29 heavy (non-hydrogen) atoms.